The summed E-state index contributed by atoms with van der Waals surface area (Å²) in [7, 11) is 0. The van der Waals surface area contributed by atoms with Crippen molar-refractivity contribution in [1.82, 2.24) is 0 Å². The first-order chi connectivity index (χ1) is 10.9. The number of amides is 1. The van der Waals surface area contributed by atoms with Gasteiger partial charge in [0.15, 0.2) is 6.10 Å². The van der Waals surface area contributed by atoms with Crippen LogP contribution in [-0.4, -0.2) is 28.2 Å². The van der Waals surface area contributed by atoms with E-state index in [0.29, 0.717) is 17.2 Å². The molecule has 1 aliphatic rings. The van der Waals surface area contributed by atoms with Crippen molar-refractivity contribution in [3.8, 4) is 11.5 Å². The van der Waals surface area contributed by atoms with Gasteiger partial charge in [-0.05, 0) is 42.0 Å². The van der Waals surface area contributed by atoms with E-state index < -0.39 is 18.0 Å². The number of rotatable bonds is 3. The van der Waals surface area contributed by atoms with Crippen molar-refractivity contribution in [3.63, 3.8) is 0 Å². The molecule has 0 saturated heterocycles. The summed E-state index contributed by atoms with van der Waals surface area (Å²) in [6.07, 6.45) is -0.415. The Morgan fingerprint density at radius 1 is 1.22 bits per heavy atom. The standard InChI is InChI=1S/C16H12ClNO5/c17-9-1-4-13-8(5-9)6-14(23-13)15(20)18-12-3-2-10(19)7-11(12)16(21)22/h1-5,7,14,19H,6H2,(H,18,20)(H,21,22). The van der Waals surface area contributed by atoms with Crippen LogP contribution in [0.2, 0.25) is 5.02 Å². The van der Waals surface area contributed by atoms with Crippen LogP contribution in [0.5, 0.6) is 11.5 Å². The highest BCUT2D eigenvalue weighted by Gasteiger charge is 2.30. The van der Waals surface area contributed by atoms with E-state index in [4.69, 9.17) is 21.4 Å². The molecule has 6 nitrogen and oxygen atoms in total. The Morgan fingerprint density at radius 2 is 2.00 bits per heavy atom. The first-order valence-corrected chi connectivity index (χ1v) is 7.14. The summed E-state index contributed by atoms with van der Waals surface area (Å²) in [6, 6.07) is 8.79. The molecule has 23 heavy (non-hydrogen) atoms. The number of hydrogen-bond donors (Lipinski definition) is 3. The van der Waals surface area contributed by atoms with Crippen molar-refractivity contribution in [2.24, 2.45) is 0 Å². The van der Waals surface area contributed by atoms with E-state index in [2.05, 4.69) is 5.32 Å². The van der Waals surface area contributed by atoms with Crippen LogP contribution in [0.4, 0.5) is 5.69 Å². The monoisotopic (exact) mass is 333 g/mol. The number of benzene rings is 2. The van der Waals surface area contributed by atoms with Gasteiger partial charge in [0.05, 0.1) is 11.3 Å². The second kappa shape index (κ2) is 5.81. The predicted octanol–water partition coefficient (Wildman–Crippen LogP) is 2.69. The lowest BCUT2D eigenvalue weighted by Crippen LogP contribution is -2.32. The SMILES string of the molecule is O=C(O)c1cc(O)ccc1NC(=O)C1Cc2cc(Cl)ccc2O1. The van der Waals surface area contributed by atoms with Crippen LogP contribution in [0, 0.1) is 0 Å². The summed E-state index contributed by atoms with van der Waals surface area (Å²) in [5.74, 6) is -1.33. The average molecular weight is 334 g/mol. The number of aromatic hydroxyl groups is 1. The molecule has 118 valence electrons. The number of phenolic OH excluding ortho intramolecular Hbond substituents is 1. The summed E-state index contributed by atoms with van der Waals surface area (Å²) < 4.78 is 5.55. The number of ether oxygens (including phenoxy) is 1. The fourth-order valence-corrected chi connectivity index (χ4v) is 2.59. The second-order valence-electron chi connectivity index (χ2n) is 5.09. The van der Waals surface area contributed by atoms with Gasteiger partial charge >= 0.3 is 5.97 Å². The largest absolute Gasteiger partial charge is 0.508 e. The zero-order chi connectivity index (χ0) is 16.6. The van der Waals surface area contributed by atoms with Crippen LogP contribution >= 0.6 is 11.6 Å². The minimum Gasteiger partial charge on any atom is -0.508 e. The van der Waals surface area contributed by atoms with E-state index in [-0.39, 0.29) is 17.0 Å². The lowest BCUT2D eigenvalue weighted by atomic mass is 10.1. The molecule has 2 aromatic rings. The Kier molecular flexibility index (Phi) is 3.83. The molecule has 1 atom stereocenters. The van der Waals surface area contributed by atoms with Crippen molar-refractivity contribution < 1.29 is 24.5 Å². The quantitative estimate of drug-likeness (QED) is 0.750. The number of fused-ring (bicyclic) bond motifs is 1. The number of aromatic carboxylic acids is 1. The third-order valence-electron chi connectivity index (χ3n) is 3.48. The van der Waals surface area contributed by atoms with Gasteiger partial charge in [-0.1, -0.05) is 11.6 Å². The van der Waals surface area contributed by atoms with Crippen LogP contribution < -0.4 is 10.1 Å². The minimum atomic E-state index is -1.25. The molecular formula is C16H12ClNO5. The molecule has 2 aromatic carbocycles. The van der Waals surface area contributed by atoms with Crippen molar-refractivity contribution in [2.45, 2.75) is 12.5 Å². The van der Waals surface area contributed by atoms with Gasteiger partial charge in [0, 0.05) is 11.4 Å². The first kappa shape index (κ1) is 15.2. The summed E-state index contributed by atoms with van der Waals surface area (Å²) in [5.41, 5.74) is 0.719. The van der Waals surface area contributed by atoms with E-state index in [9.17, 15) is 14.7 Å². The van der Waals surface area contributed by atoms with Crippen molar-refractivity contribution in [2.75, 3.05) is 5.32 Å². The van der Waals surface area contributed by atoms with Crippen LogP contribution in [0.15, 0.2) is 36.4 Å². The lowest BCUT2D eigenvalue weighted by molar-refractivity contribution is -0.122. The number of carboxylic acid groups (broad SMARTS) is 1. The molecule has 0 radical (unpaired) electrons. The van der Waals surface area contributed by atoms with Gasteiger partial charge in [0.25, 0.3) is 5.91 Å². The molecule has 1 unspecified atom stereocenters. The number of anilines is 1. The molecule has 7 heteroatoms. The molecule has 3 N–H and O–H groups in total. The zero-order valence-corrected chi connectivity index (χ0v) is 12.5. The Hall–Kier alpha value is -2.73. The van der Waals surface area contributed by atoms with Crippen LogP contribution in [0.25, 0.3) is 0 Å². The average Bonchev–Trinajstić information content (AvgIpc) is 2.92. The predicted molar refractivity (Wildman–Crippen MR) is 83.3 cm³/mol. The molecule has 1 heterocycles. The van der Waals surface area contributed by atoms with Gasteiger partial charge in [-0.2, -0.15) is 0 Å². The molecule has 0 aliphatic carbocycles. The third kappa shape index (κ3) is 3.07. The van der Waals surface area contributed by atoms with Crippen LogP contribution in [0.1, 0.15) is 15.9 Å². The lowest BCUT2D eigenvalue weighted by Gasteiger charge is -2.13. The van der Waals surface area contributed by atoms with Gasteiger partial charge in [-0.25, -0.2) is 4.79 Å². The van der Waals surface area contributed by atoms with Gasteiger partial charge in [0.2, 0.25) is 0 Å². The van der Waals surface area contributed by atoms with Crippen molar-refractivity contribution >= 4 is 29.2 Å². The second-order valence-corrected chi connectivity index (χ2v) is 5.52. The zero-order valence-electron chi connectivity index (χ0n) is 11.7. The molecular weight excluding hydrogens is 322 g/mol. The van der Waals surface area contributed by atoms with Gasteiger partial charge in [-0.15, -0.1) is 0 Å². The van der Waals surface area contributed by atoms with Gasteiger partial charge < -0.3 is 20.3 Å². The number of carboxylic acids is 1. The summed E-state index contributed by atoms with van der Waals surface area (Å²) in [5, 5.41) is 21.6. The molecule has 0 bridgehead atoms. The highest BCUT2D eigenvalue weighted by atomic mass is 35.5. The maximum absolute atomic E-state index is 12.3. The Morgan fingerprint density at radius 3 is 2.74 bits per heavy atom. The Balaban J connectivity index is 1.78. The smallest absolute Gasteiger partial charge is 0.337 e. The molecule has 0 fully saturated rings. The van der Waals surface area contributed by atoms with E-state index in [1.807, 2.05) is 0 Å². The highest BCUT2D eigenvalue weighted by Crippen LogP contribution is 2.32. The topological polar surface area (TPSA) is 95.9 Å². The molecule has 1 aliphatic heterocycles. The number of hydrogen-bond acceptors (Lipinski definition) is 4. The number of phenols is 1. The molecule has 1 amide bonds. The van der Waals surface area contributed by atoms with Gasteiger partial charge in [-0.3, -0.25) is 4.79 Å². The van der Waals surface area contributed by atoms with Gasteiger partial charge in [0.1, 0.15) is 11.5 Å². The van der Waals surface area contributed by atoms with E-state index in [1.54, 1.807) is 18.2 Å². The first-order valence-electron chi connectivity index (χ1n) is 6.76. The van der Waals surface area contributed by atoms with E-state index in [1.165, 1.54) is 12.1 Å². The Labute approximate surface area is 136 Å². The Bertz CT molecular complexity index is 805. The van der Waals surface area contributed by atoms with E-state index >= 15 is 0 Å². The van der Waals surface area contributed by atoms with Crippen LogP contribution in [0.3, 0.4) is 0 Å². The fraction of sp³-hybridized carbons (Fsp3) is 0.125. The number of halogens is 1. The summed E-state index contributed by atoms with van der Waals surface area (Å²) in [4.78, 5) is 23.5. The summed E-state index contributed by atoms with van der Waals surface area (Å²) >= 11 is 5.91. The molecule has 3 rings (SSSR count). The van der Waals surface area contributed by atoms with Crippen molar-refractivity contribution in [3.05, 3.63) is 52.5 Å². The minimum absolute atomic E-state index is 0.0953. The number of carbonyl (C=O) groups excluding carboxylic acids is 1. The highest BCUT2D eigenvalue weighted by molar-refractivity contribution is 6.30. The molecule has 0 spiro atoms. The summed E-state index contributed by atoms with van der Waals surface area (Å²) in [6.45, 7) is 0. The molecule has 0 aromatic heterocycles. The van der Waals surface area contributed by atoms with E-state index in [0.717, 1.165) is 11.6 Å². The maximum atomic E-state index is 12.3. The van der Waals surface area contributed by atoms with Crippen molar-refractivity contribution in [1.29, 1.82) is 0 Å². The number of nitrogens with one attached hydrogen (secondary N) is 1. The fourth-order valence-electron chi connectivity index (χ4n) is 2.39. The normalized spacial score (nSPS) is 15.6. The molecule has 0 saturated carbocycles. The third-order valence-corrected chi connectivity index (χ3v) is 3.72. The maximum Gasteiger partial charge on any atom is 0.337 e. The number of carbonyl (C=O) groups is 2. The van der Waals surface area contributed by atoms with Crippen LogP contribution in [-0.2, 0) is 11.2 Å².